The molecule has 0 bridgehead atoms. The second kappa shape index (κ2) is 8.88. The molecule has 0 heterocycles. The van der Waals surface area contributed by atoms with E-state index in [0.717, 1.165) is 31.0 Å². The normalized spacial score (nSPS) is 12.2. The van der Waals surface area contributed by atoms with E-state index in [1.165, 1.54) is 5.56 Å². The van der Waals surface area contributed by atoms with Gasteiger partial charge in [0.25, 0.3) is 0 Å². The van der Waals surface area contributed by atoms with E-state index in [4.69, 9.17) is 12.2 Å². The van der Waals surface area contributed by atoms with Gasteiger partial charge in [0, 0.05) is 19.1 Å². The van der Waals surface area contributed by atoms with E-state index in [1.807, 2.05) is 0 Å². The number of thiocarbonyl (C=S) groups is 1. The van der Waals surface area contributed by atoms with Crippen LogP contribution in [0.2, 0.25) is 0 Å². The summed E-state index contributed by atoms with van der Waals surface area (Å²) in [5.74, 6) is 0. The first-order chi connectivity index (χ1) is 9.08. The summed E-state index contributed by atoms with van der Waals surface area (Å²) in [4.78, 5) is 2.13. The van der Waals surface area contributed by atoms with Crippen LogP contribution in [0.3, 0.4) is 0 Å². The fourth-order valence-corrected chi connectivity index (χ4v) is 2.07. The van der Waals surface area contributed by atoms with Crippen molar-refractivity contribution in [1.29, 1.82) is 0 Å². The molecule has 0 spiro atoms. The highest BCUT2D eigenvalue weighted by atomic mass is 32.1. The fourth-order valence-electron chi connectivity index (χ4n) is 1.77. The van der Waals surface area contributed by atoms with Gasteiger partial charge in [-0.3, -0.25) is 0 Å². The van der Waals surface area contributed by atoms with E-state index in [-0.39, 0.29) is 0 Å². The van der Waals surface area contributed by atoms with Gasteiger partial charge in [0.1, 0.15) is 0 Å². The Bertz CT molecular complexity index is 365. The first-order valence-corrected chi connectivity index (χ1v) is 7.22. The summed E-state index contributed by atoms with van der Waals surface area (Å²) < 4.78 is 0. The Hall–Kier alpha value is -1.13. The Balaban J connectivity index is 2.16. The molecule has 1 rings (SSSR count). The molecule has 106 valence electrons. The van der Waals surface area contributed by atoms with Crippen LogP contribution in [-0.4, -0.2) is 43.2 Å². The van der Waals surface area contributed by atoms with E-state index in [2.05, 4.69) is 66.9 Å². The lowest BCUT2D eigenvalue weighted by atomic mass is 10.1. The highest BCUT2D eigenvalue weighted by Crippen LogP contribution is 2.04. The predicted molar refractivity (Wildman–Crippen MR) is 86.5 cm³/mol. The van der Waals surface area contributed by atoms with Gasteiger partial charge in [-0.05, 0) is 51.6 Å². The van der Waals surface area contributed by atoms with Crippen molar-refractivity contribution in [3.8, 4) is 0 Å². The molecule has 0 aromatic heterocycles. The molecular formula is C15H25N3S. The summed E-state index contributed by atoms with van der Waals surface area (Å²) in [6.45, 7) is 4.04. The molecule has 0 aliphatic carbocycles. The van der Waals surface area contributed by atoms with Gasteiger partial charge in [0.05, 0.1) is 0 Å². The van der Waals surface area contributed by atoms with E-state index in [9.17, 15) is 0 Å². The minimum Gasteiger partial charge on any atom is -0.361 e. The Morgan fingerprint density at radius 2 is 1.95 bits per heavy atom. The van der Waals surface area contributed by atoms with Gasteiger partial charge < -0.3 is 15.5 Å². The monoisotopic (exact) mass is 279 g/mol. The molecule has 1 aromatic carbocycles. The van der Waals surface area contributed by atoms with Crippen molar-refractivity contribution in [2.45, 2.75) is 25.8 Å². The summed E-state index contributed by atoms with van der Waals surface area (Å²) in [6, 6.07) is 10.9. The summed E-state index contributed by atoms with van der Waals surface area (Å²) in [7, 11) is 4.11. The van der Waals surface area contributed by atoms with Crippen LogP contribution in [-0.2, 0) is 6.42 Å². The van der Waals surface area contributed by atoms with Crippen molar-refractivity contribution in [3.05, 3.63) is 35.9 Å². The number of benzene rings is 1. The SMILES string of the molecule is C[C@H](CCc1ccccc1)NC(=S)NCCN(C)C. The largest absolute Gasteiger partial charge is 0.361 e. The van der Waals surface area contributed by atoms with Gasteiger partial charge in [-0.15, -0.1) is 0 Å². The molecule has 0 aliphatic rings. The Morgan fingerprint density at radius 3 is 2.58 bits per heavy atom. The topological polar surface area (TPSA) is 27.3 Å². The zero-order chi connectivity index (χ0) is 14.1. The van der Waals surface area contributed by atoms with Crippen molar-refractivity contribution >= 4 is 17.3 Å². The minimum absolute atomic E-state index is 0.388. The smallest absolute Gasteiger partial charge is 0.166 e. The highest BCUT2D eigenvalue weighted by molar-refractivity contribution is 7.80. The number of hydrogen-bond acceptors (Lipinski definition) is 2. The Morgan fingerprint density at radius 1 is 1.26 bits per heavy atom. The second-order valence-electron chi connectivity index (χ2n) is 5.13. The van der Waals surface area contributed by atoms with Gasteiger partial charge >= 0.3 is 0 Å². The molecular weight excluding hydrogens is 254 g/mol. The van der Waals surface area contributed by atoms with Crippen LogP contribution in [0.15, 0.2) is 30.3 Å². The van der Waals surface area contributed by atoms with E-state index >= 15 is 0 Å². The van der Waals surface area contributed by atoms with Crippen LogP contribution in [0.25, 0.3) is 0 Å². The molecule has 1 aromatic rings. The minimum atomic E-state index is 0.388. The van der Waals surface area contributed by atoms with Crippen molar-refractivity contribution in [3.63, 3.8) is 0 Å². The molecule has 0 saturated carbocycles. The first-order valence-electron chi connectivity index (χ1n) is 6.81. The molecule has 0 radical (unpaired) electrons. The number of aryl methyl sites for hydroxylation is 1. The lowest BCUT2D eigenvalue weighted by molar-refractivity contribution is 0.412. The van der Waals surface area contributed by atoms with Gasteiger partial charge in [0.15, 0.2) is 5.11 Å². The van der Waals surface area contributed by atoms with E-state index < -0.39 is 0 Å². The third-order valence-corrected chi connectivity index (χ3v) is 3.19. The van der Waals surface area contributed by atoms with Crippen LogP contribution >= 0.6 is 12.2 Å². The fraction of sp³-hybridized carbons (Fsp3) is 0.533. The molecule has 0 fully saturated rings. The third-order valence-electron chi connectivity index (χ3n) is 2.93. The van der Waals surface area contributed by atoms with Crippen LogP contribution in [0.4, 0.5) is 0 Å². The zero-order valence-electron chi connectivity index (χ0n) is 12.1. The number of nitrogens with one attached hydrogen (secondary N) is 2. The van der Waals surface area contributed by atoms with Crippen LogP contribution in [0.5, 0.6) is 0 Å². The Labute approximate surface area is 122 Å². The van der Waals surface area contributed by atoms with Crippen molar-refractivity contribution in [2.75, 3.05) is 27.2 Å². The highest BCUT2D eigenvalue weighted by Gasteiger charge is 2.04. The molecule has 2 N–H and O–H groups in total. The molecule has 4 heteroatoms. The van der Waals surface area contributed by atoms with Crippen molar-refractivity contribution < 1.29 is 0 Å². The maximum atomic E-state index is 5.27. The van der Waals surface area contributed by atoms with Crippen molar-refractivity contribution in [2.24, 2.45) is 0 Å². The van der Waals surface area contributed by atoms with E-state index in [0.29, 0.717) is 6.04 Å². The molecule has 1 atom stereocenters. The molecule has 3 nitrogen and oxygen atoms in total. The molecule has 0 saturated heterocycles. The van der Waals surface area contributed by atoms with E-state index in [1.54, 1.807) is 0 Å². The van der Waals surface area contributed by atoms with Gasteiger partial charge in [0.2, 0.25) is 0 Å². The summed E-state index contributed by atoms with van der Waals surface area (Å²) in [5, 5.41) is 7.30. The van der Waals surface area contributed by atoms with Crippen LogP contribution < -0.4 is 10.6 Å². The quantitative estimate of drug-likeness (QED) is 0.747. The molecule has 0 amide bonds. The van der Waals surface area contributed by atoms with Crippen molar-refractivity contribution in [1.82, 2.24) is 15.5 Å². The number of likely N-dealkylation sites (N-methyl/N-ethyl adjacent to an activating group) is 1. The number of nitrogens with zero attached hydrogens (tertiary/aromatic N) is 1. The first kappa shape index (κ1) is 15.9. The lowest BCUT2D eigenvalue weighted by Crippen LogP contribution is -2.42. The van der Waals surface area contributed by atoms with Crippen LogP contribution in [0.1, 0.15) is 18.9 Å². The van der Waals surface area contributed by atoms with Crippen LogP contribution in [0, 0.1) is 0 Å². The maximum Gasteiger partial charge on any atom is 0.166 e. The standard InChI is InChI=1S/C15H25N3S/c1-13(9-10-14-7-5-4-6-8-14)17-15(19)16-11-12-18(2)3/h4-8,13H,9-12H2,1-3H3,(H2,16,17,19)/t13-/m1/s1. The molecule has 19 heavy (non-hydrogen) atoms. The molecule has 0 unspecified atom stereocenters. The lowest BCUT2D eigenvalue weighted by Gasteiger charge is -2.18. The van der Waals surface area contributed by atoms with Gasteiger partial charge in [-0.1, -0.05) is 30.3 Å². The summed E-state index contributed by atoms with van der Waals surface area (Å²) in [6.07, 6.45) is 2.16. The average Bonchev–Trinajstić information content (AvgIpc) is 2.37. The Kier molecular flexibility index (Phi) is 7.45. The number of rotatable bonds is 7. The van der Waals surface area contributed by atoms with Gasteiger partial charge in [-0.2, -0.15) is 0 Å². The molecule has 0 aliphatic heterocycles. The average molecular weight is 279 g/mol. The third kappa shape index (κ3) is 7.80. The summed E-state index contributed by atoms with van der Waals surface area (Å²) in [5.41, 5.74) is 1.38. The maximum absolute atomic E-state index is 5.27. The van der Waals surface area contributed by atoms with Gasteiger partial charge in [-0.25, -0.2) is 0 Å². The number of hydrogen-bond donors (Lipinski definition) is 2. The zero-order valence-corrected chi connectivity index (χ0v) is 13.0. The predicted octanol–water partition coefficient (Wildman–Crippen LogP) is 2.03. The second-order valence-corrected chi connectivity index (χ2v) is 5.54. The summed E-state index contributed by atoms with van der Waals surface area (Å²) >= 11 is 5.27.